The Kier molecular flexibility index (Phi) is 6.60. The first kappa shape index (κ1) is 22.8. The van der Waals surface area contributed by atoms with Crippen molar-refractivity contribution in [2.24, 2.45) is 0 Å². The van der Waals surface area contributed by atoms with Crippen LogP contribution in [0.4, 0.5) is 0 Å². The first-order chi connectivity index (χ1) is 14.2. The van der Waals surface area contributed by atoms with E-state index >= 15 is 0 Å². The summed E-state index contributed by atoms with van der Waals surface area (Å²) in [7, 11) is -3.65. The number of ether oxygens (including phenoxy) is 1. The molecular weight excluding hydrogens is 413 g/mol. The van der Waals surface area contributed by atoms with Gasteiger partial charge in [0.1, 0.15) is 5.75 Å². The zero-order chi connectivity index (χ0) is 22.0. The van der Waals surface area contributed by atoms with Crippen LogP contribution in [0.5, 0.6) is 5.75 Å². The molecule has 0 aliphatic rings. The molecule has 3 rings (SSSR count). The van der Waals surface area contributed by atoms with Crippen LogP contribution < -0.4 is 15.1 Å². The summed E-state index contributed by atoms with van der Waals surface area (Å²) in [4.78, 5) is 0. The molecule has 0 amide bonds. The van der Waals surface area contributed by atoms with Crippen LogP contribution in [-0.2, 0) is 0 Å². The molecule has 3 aromatic carbocycles. The first-order valence-electron chi connectivity index (χ1n) is 10.9. The van der Waals surface area contributed by atoms with Gasteiger partial charge in [0.05, 0.1) is 29.4 Å². The molecule has 0 radical (unpaired) electrons. The first-order valence-corrected chi connectivity index (χ1v) is 21.5. The summed E-state index contributed by atoms with van der Waals surface area (Å²) in [5.41, 5.74) is 1.90. The van der Waals surface area contributed by atoms with Gasteiger partial charge in [-0.25, -0.2) is 0 Å². The number of hydrogen-bond acceptors (Lipinski definition) is 1. The van der Waals surface area contributed by atoms with E-state index in [0.717, 1.165) is 5.75 Å². The van der Waals surface area contributed by atoms with E-state index in [1.807, 2.05) is 7.11 Å². The van der Waals surface area contributed by atoms with Crippen molar-refractivity contribution in [3.63, 3.8) is 0 Å². The van der Waals surface area contributed by atoms with Crippen molar-refractivity contribution in [2.75, 3.05) is 7.11 Å². The van der Waals surface area contributed by atoms with Crippen molar-refractivity contribution >= 4 is 32.7 Å². The average molecular weight is 449 g/mol. The molecule has 0 N–H and O–H groups in total. The molecule has 0 aliphatic carbocycles. The summed E-state index contributed by atoms with van der Waals surface area (Å²) >= 11 is 0. The molecule has 0 spiro atoms. The highest BCUT2D eigenvalue weighted by molar-refractivity contribution is 7.73. The zero-order valence-electron chi connectivity index (χ0n) is 19.6. The van der Waals surface area contributed by atoms with Crippen LogP contribution >= 0.6 is 0 Å². The van der Waals surface area contributed by atoms with E-state index in [1.165, 1.54) is 5.56 Å². The molecule has 3 aromatic rings. The van der Waals surface area contributed by atoms with Gasteiger partial charge in [0.2, 0.25) is 0 Å². The molecule has 30 heavy (non-hydrogen) atoms. The average Bonchev–Trinajstić information content (AvgIpc) is 2.78. The van der Waals surface area contributed by atoms with E-state index in [9.17, 15) is 0 Å². The van der Waals surface area contributed by atoms with Crippen LogP contribution in [0.3, 0.4) is 0 Å². The monoisotopic (exact) mass is 448 g/mol. The summed E-state index contributed by atoms with van der Waals surface area (Å²) in [5.74, 6) is 1.04. The number of para-hydroxylation sites is 1. The van der Waals surface area contributed by atoms with Crippen molar-refractivity contribution in [1.29, 1.82) is 0 Å². The van der Waals surface area contributed by atoms with E-state index in [4.69, 9.17) is 4.74 Å². The highest BCUT2D eigenvalue weighted by Crippen LogP contribution is 2.42. The standard InChI is InChI=1S/C26H36OSi3/c1-22(25-20-14-15-21-26(25)27-2)30(7,28(3,4)23-16-10-8-11-17-23)29(5,6)24-18-12-9-13-19-24/h8-22H,1-7H3. The van der Waals surface area contributed by atoms with Gasteiger partial charge in [0.15, 0.2) is 0 Å². The van der Waals surface area contributed by atoms with Crippen LogP contribution in [0.25, 0.3) is 0 Å². The quantitative estimate of drug-likeness (QED) is 0.415. The van der Waals surface area contributed by atoms with Gasteiger partial charge in [-0.3, -0.25) is 0 Å². The van der Waals surface area contributed by atoms with Crippen molar-refractivity contribution in [1.82, 2.24) is 0 Å². The number of hydrogen-bond donors (Lipinski definition) is 0. The predicted octanol–water partition coefficient (Wildman–Crippen LogP) is 5.80. The van der Waals surface area contributed by atoms with Crippen LogP contribution in [0.1, 0.15) is 18.0 Å². The number of rotatable bonds is 7. The van der Waals surface area contributed by atoms with Crippen LogP contribution in [0.2, 0.25) is 32.7 Å². The van der Waals surface area contributed by atoms with Gasteiger partial charge < -0.3 is 4.74 Å². The van der Waals surface area contributed by atoms with Crippen molar-refractivity contribution < 1.29 is 4.74 Å². The van der Waals surface area contributed by atoms with Gasteiger partial charge in [-0.05, 0) is 17.2 Å². The molecule has 0 bridgehead atoms. The lowest BCUT2D eigenvalue weighted by Crippen LogP contribution is -2.81. The molecule has 0 aromatic heterocycles. The Balaban J connectivity index is 2.29. The van der Waals surface area contributed by atoms with Gasteiger partial charge in [-0.15, -0.1) is 0 Å². The minimum Gasteiger partial charge on any atom is -0.496 e. The fraction of sp³-hybridized carbons (Fsp3) is 0.308. The molecule has 0 heterocycles. The number of benzene rings is 3. The van der Waals surface area contributed by atoms with E-state index in [0.29, 0.717) is 5.54 Å². The van der Waals surface area contributed by atoms with Gasteiger partial charge in [-0.2, -0.15) is 0 Å². The third kappa shape index (κ3) is 3.66. The summed E-state index contributed by atoms with van der Waals surface area (Å²) in [6.45, 7) is 15.8. The number of methoxy groups -OCH3 is 1. The second kappa shape index (κ2) is 8.69. The van der Waals surface area contributed by atoms with Gasteiger partial charge in [0.25, 0.3) is 0 Å². The summed E-state index contributed by atoms with van der Waals surface area (Å²) in [5, 5.41) is 3.19. The second-order valence-electron chi connectivity index (χ2n) is 9.65. The molecule has 0 saturated carbocycles. The molecule has 1 atom stereocenters. The Labute approximate surface area is 185 Å². The Hall–Kier alpha value is -1.89. The fourth-order valence-corrected chi connectivity index (χ4v) is 46.7. The smallest absolute Gasteiger partial charge is 0.122 e. The molecule has 0 fully saturated rings. The Morgan fingerprint density at radius 2 is 1.00 bits per heavy atom. The third-order valence-electron chi connectivity index (χ3n) is 8.06. The maximum atomic E-state index is 5.85. The molecular formula is C26H36OSi3. The lowest BCUT2D eigenvalue weighted by molar-refractivity contribution is 0.409. The fourth-order valence-electron chi connectivity index (χ4n) is 5.51. The highest BCUT2D eigenvalue weighted by Gasteiger charge is 2.60. The Bertz CT molecular complexity index is 916. The summed E-state index contributed by atoms with van der Waals surface area (Å²) < 4.78 is 5.85. The Morgan fingerprint density at radius 1 is 0.600 bits per heavy atom. The Morgan fingerprint density at radius 3 is 1.43 bits per heavy atom. The van der Waals surface area contributed by atoms with Crippen molar-refractivity contribution in [3.05, 3.63) is 90.5 Å². The van der Waals surface area contributed by atoms with E-state index in [1.54, 1.807) is 10.4 Å². The maximum absolute atomic E-state index is 5.85. The van der Waals surface area contributed by atoms with E-state index in [2.05, 4.69) is 125 Å². The molecule has 0 aliphatic heterocycles. The van der Waals surface area contributed by atoms with Crippen LogP contribution in [0, 0.1) is 0 Å². The van der Waals surface area contributed by atoms with Crippen molar-refractivity contribution in [2.45, 2.75) is 45.2 Å². The van der Waals surface area contributed by atoms with Crippen LogP contribution in [-0.4, -0.2) is 29.4 Å². The lowest BCUT2D eigenvalue weighted by Gasteiger charge is -2.55. The van der Waals surface area contributed by atoms with Crippen LogP contribution in [0.15, 0.2) is 84.9 Å². The minimum absolute atomic E-state index is 0.511. The molecule has 158 valence electrons. The van der Waals surface area contributed by atoms with Crippen molar-refractivity contribution in [3.8, 4) is 5.75 Å². The van der Waals surface area contributed by atoms with Gasteiger partial charge in [0, 0.05) is 0 Å². The maximum Gasteiger partial charge on any atom is 0.122 e. The second-order valence-corrected chi connectivity index (χ2v) is 35.8. The zero-order valence-corrected chi connectivity index (χ0v) is 22.6. The SMILES string of the molecule is COc1ccccc1C(C)[Si](C)([Si](C)(C)c1ccccc1)[Si](C)(C)c1ccccc1. The molecule has 0 saturated heterocycles. The minimum atomic E-state index is -1.88. The summed E-state index contributed by atoms with van der Waals surface area (Å²) in [6, 6.07) is 31.5. The highest BCUT2D eigenvalue weighted by atomic mass is 29.6. The lowest BCUT2D eigenvalue weighted by atomic mass is 10.1. The largest absolute Gasteiger partial charge is 0.496 e. The predicted molar refractivity (Wildman–Crippen MR) is 140 cm³/mol. The summed E-state index contributed by atoms with van der Waals surface area (Å²) in [6.07, 6.45) is 0. The molecule has 1 unspecified atom stereocenters. The van der Waals surface area contributed by atoms with Gasteiger partial charge >= 0.3 is 0 Å². The van der Waals surface area contributed by atoms with E-state index in [-0.39, 0.29) is 0 Å². The van der Waals surface area contributed by atoms with Gasteiger partial charge in [-0.1, -0.05) is 129 Å². The topological polar surface area (TPSA) is 9.23 Å². The molecule has 1 nitrogen and oxygen atoms in total. The third-order valence-corrected chi connectivity index (χ3v) is 50.0. The normalized spacial score (nSPS) is 13.7. The molecule has 4 heteroatoms. The van der Waals surface area contributed by atoms with E-state index < -0.39 is 22.3 Å².